The van der Waals surface area contributed by atoms with Gasteiger partial charge in [0.05, 0.1) is 11.8 Å². The third-order valence-electron chi connectivity index (χ3n) is 3.73. The lowest BCUT2D eigenvalue weighted by molar-refractivity contribution is 0.122. The molecule has 0 spiro atoms. The number of nitrogens with one attached hydrogen (secondary N) is 1. The minimum absolute atomic E-state index is 0.252. The molecule has 1 unspecified atom stereocenters. The van der Waals surface area contributed by atoms with Gasteiger partial charge in [-0.15, -0.1) is 0 Å². The summed E-state index contributed by atoms with van der Waals surface area (Å²) in [5.41, 5.74) is 2.60. The number of likely N-dealkylation sites (N-methyl/N-ethyl adjacent to an activating group) is 1. The third-order valence-corrected chi connectivity index (χ3v) is 3.73. The Hall–Kier alpha value is -1.72. The number of aryl methyl sites for hydroxylation is 1. The Labute approximate surface area is 131 Å². The predicted octanol–water partition coefficient (Wildman–Crippen LogP) is 2.85. The summed E-state index contributed by atoms with van der Waals surface area (Å²) in [6, 6.07) is 8.42. The van der Waals surface area contributed by atoms with Gasteiger partial charge in [-0.3, -0.25) is 5.10 Å². The number of aliphatic hydroxyl groups is 1. The van der Waals surface area contributed by atoms with E-state index >= 15 is 0 Å². The number of rotatable bonds is 8. The van der Waals surface area contributed by atoms with Crippen LogP contribution in [0.1, 0.15) is 25.5 Å². The van der Waals surface area contributed by atoms with Gasteiger partial charge in [0, 0.05) is 17.8 Å². The highest BCUT2D eigenvalue weighted by Crippen LogP contribution is 2.19. The number of aromatic nitrogens is 2. The van der Waals surface area contributed by atoms with Crippen molar-refractivity contribution in [2.45, 2.75) is 32.3 Å². The third kappa shape index (κ3) is 4.93. The maximum absolute atomic E-state index is 13.2. The lowest BCUT2D eigenvalue weighted by Gasteiger charge is -2.19. The average molecular weight is 305 g/mol. The fourth-order valence-corrected chi connectivity index (χ4v) is 2.40. The van der Waals surface area contributed by atoms with Gasteiger partial charge >= 0.3 is 0 Å². The Balaban J connectivity index is 1.83. The topological polar surface area (TPSA) is 52.1 Å². The van der Waals surface area contributed by atoms with E-state index in [2.05, 4.69) is 15.1 Å². The molecule has 0 aliphatic carbocycles. The van der Waals surface area contributed by atoms with E-state index in [-0.39, 0.29) is 11.9 Å². The maximum Gasteiger partial charge on any atom is 0.123 e. The molecule has 0 bridgehead atoms. The van der Waals surface area contributed by atoms with Crippen LogP contribution in [0.4, 0.5) is 4.39 Å². The van der Waals surface area contributed by atoms with E-state index in [4.69, 9.17) is 0 Å². The molecule has 1 heterocycles. The molecule has 5 heteroatoms. The maximum atomic E-state index is 13.2. The van der Waals surface area contributed by atoms with E-state index < -0.39 is 0 Å². The second-order valence-corrected chi connectivity index (χ2v) is 5.72. The van der Waals surface area contributed by atoms with Crippen molar-refractivity contribution in [2.75, 3.05) is 20.1 Å². The van der Waals surface area contributed by atoms with Crippen LogP contribution >= 0.6 is 0 Å². The Morgan fingerprint density at radius 2 is 2.18 bits per heavy atom. The Bertz CT molecular complexity index is 585. The van der Waals surface area contributed by atoms with Crippen molar-refractivity contribution < 1.29 is 9.50 Å². The zero-order valence-electron chi connectivity index (χ0n) is 13.2. The van der Waals surface area contributed by atoms with E-state index in [1.807, 2.05) is 26.1 Å². The van der Waals surface area contributed by atoms with Crippen molar-refractivity contribution in [1.82, 2.24) is 15.1 Å². The van der Waals surface area contributed by atoms with E-state index in [0.29, 0.717) is 6.54 Å². The van der Waals surface area contributed by atoms with Crippen LogP contribution in [-0.2, 0) is 6.42 Å². The molecule has 1 atom stereocenters. The van der Waals surface area contributed by atoms with Crippen LogP contribution in [0.25, 0.3) is 11.3 Å². The van der Waals surface area contributed by atoms with Crippen LogP contribution in [0.3, 0.4) is 0 Å². The first kappa shape index (κ1) is 16.6. The number of halogens is 1. The molecule has 2 aromatic rings. The van der Waals surface area contributed by atoms with Crippen molar-refractivity contribution in [3.05, 3.63) is 41.8 Å². The van der Waals surface area contributed by atoms with Gasteiger partial charge < -0.3 is 10.0 Å². The quantitative estimate of drug-likeness (QED) is 0.788. The Morgan fingerprint density at radius 3 is 2.91 bits per heavy atom. The molecule has 0 saturated heterocycles. The van der Waals surface area contributed by atoms with Gasteiger partial charge in [0.25, 0.3) is 0 Å². The average Bonchev–Trinajstić information content (AvgIpc) is 2.96. The summed E-state index contributed by atoms with van der Waals surface area (Å²) in [5.74, 6) is -0.252. The highest BCUT2D eigenvalue weighted by molar-refractivity contribution is 5.59. The largest absolute Gasteiger partial charge is 0.392 e. The van der Waals surface area contributed by atoms with Crippen LogP contribution in [0.15, 0.2) is 30.3 Å². The summed E-state index contributed by atoms with van der Waals surface area (Å²) in [5, 5.41) is 16.9. The molecule has 0 fully saturated rings. The number of hydrogen-bond donors (Lipinski definition) is 2. The minimum Gasteiger partial charge on any atom is -0.392 e. The SMILES string of the molecule is CCC(O)CN(C)CCCc1cc(-c2cccc(F)c2)n[nH]1. The number of hydrogen-bond acceptors (Lipinski definition) is 3. The first-order valence-corrected chi connectivity index (χ1v) is 7.75. The van der Waals surface area contributed by atoms with Crippen LogP contribution in [0.5, 0.6) is 0 Å². The fourth-order valence-electron chi connectivity index (χ4n) is 2.40. The van der Waals surface area contributed by atoms with Gasteiger partial charge in [-0.2, -0.15) is 5.10 Å². The van der Waals surface area contributed by atoms with Crippen LogP contribution in [-0.4, -0.2) is 46.4 Å². The number of H-pyrrole nitrogens is 1. The smallest absolute Gasteiger partial charge is 0.123 e. The molecule has 0 saturated carbocycles. The van der Waals surface area contributed by atoms with Crippen molar-refractivity contribution in [2.24, 2.45) is 0 Å². The molecule has 22 heavy (non-hydrogen) atoms. The van der Waals surface area contributed by atoms with Gasteiger partial charge in [0.15, 0.2) is 0 Å². The molecule has 0 aliphatic heterocycles. The van der Waals surface area contributed by atoms with Gasteiger partial charge in [-0.1, -0.05) is 19.1 Å². The van der Waals surface area contributed by atoms with Gasteiger partial charge in [-0.05, 0) is 51.1 Å². The predicted molar refractivity (Wildman–Crippen MR) is 86.1 cm³/mol. The Kier molecular flexibility index (Phi) is 6.10. The van der Waals surface area contributed by atoms with Crippen LogP contribution in [0, 0.1) is 5.82 Å². The van der Waals surface area contributed by atoms with E-state index in [1.54, 1.807) is 6.07 Å². The summed E-state index contributed by atoms with van der Waals surface area (Å²) in [6.07, 6.45) is 2.39. The molecule has 4 nitrogen and oxygen atoms in total. The number of nitrogens with zero attached hydrogens (tertiary/aromatic N) is 2. The summed E-state index contributed by atoms with van der Waals surface area (Å²) < 4.78 is 13.2. The molecular formula is C17H24FN3O. The van der Waals surface area contributed by atoms with Crippen molar-refractivity contribution in [3.63, 3.8) is 0 Å². The first-order chi connectivity index (χ1) is 10.6. The zero-order chi connectivity index (χ0) is 15.9. The summed E-state index contributed by atoms with van der Waals surface area (Å²) in [4.78, 5) is 2.14. The van der Waals surface area contributed by atoms with Crippen LogP contribution in [0.2, 0.25) is 0 Å². The molecule has 1 aromatic carbocycles. The van der Waals surface area contributed by atoms with Crippen LogP contribution < -0.4 is 0 Å². The molecule has 2 N–H and O–H groups in total. The van der Waals surface area contributed by atoms with Crippen molar-refractivity contribution >= 4 is 0 Å². The standard InChI is InChI=1S/C17H24FN3O/c1-3-16(22)12-21(2)9-5-8-15-11-17(20-19-15)13-6-4-7-14(18)10-13/h4,6-7,10-11,16,22H,3,5,8-9,12H2,1-2H3,(H,19,20). The molecule has 120 valence electrons. The summed E-state index contributed by atoms with van der Waals surface area (Å²) >= 11 is 0. The van der Waals surface area contributed by atoms with Crippen molar-refractivity contribution in [1.29, 1.82) is 0 Å². The minimum atomic E-state index is -0.253. The Morgan fingerprint density at radius 1 is 1.36 bits per heavy atom. The van der Waals surface area contributed by atoms with E-state index in [0.717, 1.165) is 42.8 Å². The van der Waals surface area contributed by atoms with Crippen molar-refractivity contribution in [3.8, 4) is 11.3 Å². The highest BCUT2D eigenvalue weighted by atomic mass is 19.1. The number of benzene rings is 1. The molecule has 0 amide bonds. The van der Waals surface area contributed by atoms with E-state index in [9.17, 15) is 9.50 Å². The molecule has 0 aliphatic rings. The number of aromatic amines is 1. The normalized spacial score (nSPS) is 12.8. The lowest BCUT2D eigenvalue weighted by Crippen LogP contribution is -2.29. The van der Waals surface area contributed by atoms with Gasteiger partial charge in [0.1, 0.15) is 5.82 Å². The fraction of sp³-hybridized carbons (Fsp3) is 0.471. The molecule has 2 rings (SSSR count). The molecule has 0 radical (unpaired) electrons. The summed E-state index contributed by atoms with van der Waals surface area (Å²) in [6.45, 7) is 3.61. The highest BCUT2D eigenvalue weighted by Gasteiger charge is 2.07. The number of aliphatic hydroxyl groups excluding tert-OH is 1. The molecular weight excluding hydrogens is 281 g/mol. The lowest BCUT2D eigenvalue weighted by atomic mass is 10.1. The summed E-state index contributed by atoms with van der Waals surface area (Å²) in [7, 11) is 2.02. The zero-order valence-corrected chi connectivity index (χ0v) is 13.2. The van der Waals surface area contributed by atoms with E-state index in [1.165, 1.54) is 12.1 Å². The first-order valence-electron chi connectivity index (χ1n) is 7.75. The second kappa shape index (κ2) is 8.06. The molecule has 1 aromatic heterocycles. The van der Waals surface area contributed by atoms with Gasteiger partial charge in [0.2, 0.25) is 0 Å². The van der Waals surface area contributed by atoms with Gasteiger partial charge in [-0.25, -0.2) is 4.39 Å². The second-order valence-electron chi connectivity index (χ2n) is 5.72. The monoisotopic (exact) mass is 305 g/mol.